The monoisotopic (exact) mass is 260 g/mol. The van der Waals surface area contributed by atoms with Gasteiger partial charge in [-0.1, -0.05) is 13.8 Å². The normalized spacial score (nSPS) is 54.6. The number of rotatable bonds is 0. The molecule has 3 rings (SSSR count). The molecule has 1 saturated heterocycles. The van der Waals surface area contributed by atoms with Gasteiger partial charge in [-0.15, -0.1) is 11.8 Å². The van der Waals surface area contributed by atoms with Gasteiger partial charge >= 0.3 is 0 Å². The molecule has 16 heavy (non-hydrogen) atoms. The Balaban J connectivity index is 1.91. The second-order valence-electron chi connectivity index (χ2n) is 6.01. The van der Waals surface area contributed by atoms with E-state index in [1.165, 1.54) is 6.42 Å². The Morgan fingerprint density at radius 2 is 1.62 bits per heavy atom. The van der Waals surface area contributed by atoms with Crippen LogP contribution in [0.15, 0.2) is 0 Å². The van der Waals surface area contributed by atoms with Crippen molar-refractivity contribution in [3.63, 3.8) is 0 Å². The molecule has 0 aromatic carbocycles. The summed E-state index contributed by atoms with van der Waals surface area (Å²) in [7, 11) is -2.77. The zero-order valence-corrected chi connectivity index (χ0v) is 11.6. The topological polar surface area (TPSA) is 34.1 Å². The first-order valence-electron chi connectivity index (χ1n) is 6.28. The van der Waals surface area contributed by atoms with E-state index in [1.54, 1.807) is 11.8 Å². The summed E-state index contributed by atoms with van der Waals surface area (Å²) >= 11 is 1.65. The molecule has 4 heteroatoms. The molecule has 1 aliphatic heterocycles. The zero-order chi connectivity index (χ0) is 11.5. The van der Waals surface area contributed by atoms with Crippen LogP contribution in [0, 0.1) is 35.5 Å². The fraction of sp³-hybridized carbons (Fsp3) is 1.00. The smallest absolute Gasteiger partial charge is 0.159 e. The van der Waals surface area contributed by atoms with E-state index in [9.17, 15) is 8.42 Å². The summed E-state index contributed by atoms with van der Waals surface area (Å²) in [4.78, 5) is 0. The predicted molar refractivity (Wildman–Crippen MR) is 68.0 cm³/mol. The van der Waals surface area contributed by atoms with Crippen LogP contribution in [0.1, 0.15) is 20.3 Å². The van der Waals surface area contributed by atoms with E-state index in [1.807, 2.05) is 0 Å². The highest BCUT2D eigenvalue weighted by molar-refractivity contribution is 8.12. The van der Waals surface area contributed by atoms with Gasteiger partial charge in [-0.2, -0.15) is 0 Å². The summed E-state index contributed by atoms with van der Waals surface area (Å²) in [6.45, 7) is 4.70. The van der Waals surface area contributed by atoms with Gasteiger partial charge in [-0.05, 0) is 47.7 Å². The lowest BCUT2D eigenvalue weighted by Crippen LogP contribution is -2.36. The standard InChI is InChI=1S/C12H20O2S2/c1-7-8(2)10-3-9(7)11-4-15-6-16(13,14)5-12(10)11/h7-12H,3-6H2,1-2H3. The molecule has 6 atom stereocenters. The summed E-state index contributed by atoms with van der Waals surface area (Å²) in [5.74, 6) is 5.79. The van der Waals surface area contributed by atoms with Crippen LogP contribution in [-0.4, -0.2) is 25.0 Å². The minimum absolute atomic E-state index is 0.363. The summed E-state index contributed by atoms with van der Waals surface area (Å²) in [6, 6.07) is 0. The van der Waals surface area contributed by atoms with Crippen LogP contribution in [0.2, 0.25) is 0 Å². The molecule has 0 aromatic rings. The molecular formula is C12H20O2S2. The maximum Gasteiger partial charge on any atom is 0.159 e. The third-order valence-corrected chi connectivity index (χ3v) is 9.01. The Morgan fingerprint density at radius 3 is 2.31 bits per heavy atom. The first-order chi connectivity index (χ1) is 7.49. The number of sulfone groups is 1. The molecule has 1 heterocycles. The van der Waals surface area contributed by atoms with Crippen LogP contribution < -0.4 is 0 Å². The lowest BCUT2D eigenvalue weighted by Gasteiger charge is -2.37. The van der Waals surface area contributed by atoms with Crippen molar-refractivity contribution in [2.75, 3.05) is 16.6 Å². The molecule has 2 aliphatic carbocycles. The SMILES string of the molecule is CC1C(C)C2CC1C1CSCS(=O)(=O)CC21. The van der Waals surface area contributed by atoms with Gasteiger partial charge in [0, 0.05) is 0 Å². The molecule has 3 fully saturated rings. The van der Waals surface area contributed by atoms with E-state index in [0.29, 0.717) is 28.6 Å². The molecule has 0 aromatic heterocycles. The molecule has 6 unspecified atom stereocenters. The van der Waals surface area contributed by atoms with Crippen molar-refractivity contribution in [3.8, 4) is 0 Å². The van der Waals surface area contributed by atoms with Crippen LogP contribution in [0.4, 0.5) is 0 Å². The van der Waals surface area contributed by atoms with Crippen molar-refractivity contribution < 1.29 is 8.42 Å². The van der Waals surface area contributed by atoms with Crippen molar-refractivity contribution in [2.24, 2.45) is 35.5 Å². The Kier molecular flexibility index (Phi) is 2.60. The second-order valence-corrected chi connectivity index (χ2v) is 9.51. The Labute approximate surface area is 102 Å². The third-order valence-electron chi connectivity index (χ3n) is 5.39. The lowest BCUT2D eigenvalue weighted by atomic mass is 9.71. The van der Waals surface area contributed by atoms with Crippen LogP contribution in [-0.2, 0) is 9.84 Å². The molecular weight excluding hydrogens is 240 g/mol. The maximum atomic E-state index is 11.9. The summed E-state index contributed by atoms with van der Waals surface area (Å²) in [5, 5.41) is 0.363. The summed E-state index contributed by atoms with van der Waals surface area (Å²) in [6.07, 6.45) is 1.30. The van der Waals surface area contributed by atoms with E-state index in [0.717, 1.165) is 23.5 Å². The fourth-order valence-electron chi connectivity index (χ4n) is 4.43. The first-order valence-corrected chi connectivity index (χ1v) is 9.25. The molecule has 0 amide bonds. The zero-order valence-electron chi connectivity index (χ0n) is 9.93. The quantitative estimate of drug-likeness (QED) is 0.670. The van der Waals surface area contributed by atoms with Crippen molar-refractivity contribution in [1.82, 2.24) is 0 Å². The second kappa shape index (κ2) is 3.64. The number of hydrogen-bond acceptors (Lipinski definition) is 3. The summed E-state index contributed by atoms with van der Waals surface area (Å²) in [5.41, 5.74) is 0. The highest BCUT2D eigenvalue weighted by atomic mass is 32.3. The van der Waals surface area contributed by atoms with Crippen molar-refractivity contribution in [1.29, 1.82) is 0 Å². The highest BCUT2D eigenvalue weighted by Crippen LogP contribution is 2.59. The van der Waals surface area contributed by atoms with Gasteiger partial charge in [0.15, 0.2) is 9.84 Å². The Hall–Kier alpha value is 0.300. The van der Waals surface area contributed by atoms with Crippen LogP contribution >= 0.6 is 11.8 Å². The van der Waals surface area contributed by atoms with Crippen LogP contribution in [0.5, 0.6) is 0 Å². The van der Waals surface area contributed by atoms with E-state index in [4.69, 9.17) is 0 Å². The molecule has 0 radical (unpaired) electrons. The van der Waals surface area contributed by atoms with E-state index in [2.05, 4.69) is 13.8 Å². The average Bonchev–Trinajstić information content (AvgIpc) is 2.60. The molecule has 3 aliphatic rings. The molecule has 0 spiro atoms. The molecule has 2 saturated carbocycles. The highest BCUT2D eigenvalue weighted by Gasteiger charge is 2.55. The van der Waals surface area contributed by atoms with Crippen LogP contribution in [0.3, 0.4) is 0 Å². The van der Waals surface area contributed by atoms with Gasteiger partial charge in [-0.3, -0.25) is 0 Å². The number of hydrogen-bond donors (Lipinski definition) is 0. The van der Waals surface area contributed by atoms with Gasteiger partial charge in [0.1, 0.15) is 0 Å². The average molecular weight is 260 g/mol. The minimum atomic E-state index is -2.77. The van der Waals surface area contributed by atoms with Gasteiger partial charge in [0.2, 0.25) is 0 Å². The molecule has 92 valence electrons. The Morgan fingerprint density at radius 1 is 1.00 bits per heavy atom. The molecule has 2 nitrogen and oxygen atoms in total. The van der Waals surface area contributed by atoms with E-state index < -0.39 is 9.84 Å². The predicted octanol–water partition coefficient (Wildman–Crippen LogP) is 2.26. The van der Waals surface area contributed by atoms with Gasteiger partial charge in [0.05, 0.1) is 10.8 Å². The van der Waals surface area contributed by atoms with Crippen molar-refractivity contribution in [2.45, 2.75) is 20.3 Å². The van der Waals surface area contributed by atoms with Gasteiger partial charge < -0.3 is 0 Å². The Bertz CT molecular complexity index is 390. The number of fused-ring (bicyclic) bond motifs is 5. The van der Waals surface area contributed by atoms with Crippen molar-refractivity contribution in [3.05, 3.63) is 0 Å². The van der Waals surface area contributed by atoms with Gasteiger partial charge in [-0.25, -0.2) is 8.42 Å². The van der Waals surface area contributed by atoms with Gasteiger partial charge in [0.25, 0.3) is 0 Å². The molecule has 0 N–H and O–H groups in total. The minimum Gasteiger partial charge on any atom is -0.228 e. The lowest BCUT2D eigenvalue weighted by molar-refractivity contribution is 0.145. The van der Waals surface area contributed by atoms with E-state index in [-0.39, 0.29) is 0 Å². The van der Waals surface area contributed by atoms with E-state index >= 15 is 0 Å². The summed E-state index contributed by atoms with van der Waals surface area (Å²) < 4.78 is 23.7. The third kappa shape index (κ3) is 1.56. The number of thioether (sulfide) groups is 1. The maximum absolute atomic E-state index is 11.9. The largest absolute Gasteiger partial charge is 0.228 e. The van der Waals surface area contributed by atoms with Crippen LogP contribution in [0.25, 0.3) is 0 Å². The first kappa shape index (κ1) is 11.4. The van der Waals surface area contributed by atoms with Crippen molar-refractivity contribution >= 4 is 21.6 Å². The fourth-order valence-corrected chi connectivity index (χ4v) is 8.07. The molecule has 2 bridgehead atoms.